The molecule has 3 N–H and O–H groups in total. The number of morpholine rings is 1. The summed E-state index contributed by atoms with van der Waals surface area (Å²) in [6, 6.07) is 1.57. The highest BCUT2D eigenvalue weighted by Gasteiger charge is 2.36. The molecule has 2 saturated heterocycles. The van der Waals surface area contributed by atoms with Crippen molar-refractivity contribution in [1.82, 2.24) is 15.1 Å². The van der Waals surface area contributed by atoms with Crippen LogP contribution in [0.3, 0.4) is 0 Å². The van der Waals surface area contributed by atoms with Gasteiger partial charge in [0.25, 0.3) is 5.91 Å². The van der Waals surface area contributed by atoms with E-state index >= 15 is 0 Å². The number of ether oxygens (including phenoxy) is 1. The molecule has 2 aliphatic heterocycles. The number of fused-ring (bicyclic) bond motifs is 2. The first-order valence-corrected chi connectivity index (χ1v) is 5.48. The van der Waals surface area contributed by atoms with Crippen LogP contribution in [-0.4, -0.2) is 46.3 Å². The maximum absolute atomic E-state index is 12.1. The zero-order valence-corrected chi connectivity index (χ0v) is 8.85. The summed E-state index contributed by atoms with van der Waals surface area (Å²) in [6.07, 6.45) is 2.53. The summed E-state index contributed by atoms with van der Waals surface area (Å²) in [6.45, 7) is 1.35. The minimum atomic E-state index is -0.0376. The van der Waals surface area contributed by atoms with Gasteiger partial charge in [-0.2, -0.15) is 5.10 Å². The summed E-state index contributed by atoms with van der Waals surface area (Å²) >= 11 is 0. The number of amides is 1. The van der Waals surface area contributed by atoms with E-state index in [2.05, 4.69) is 10.2 Å². The smallest absolute Gasteiger partial charge is 0.272 e. The van der Waals surface area contributed by atoms with Crippen LogP contribution >= 0.6 is 0 Å². The Labute approximate surface area is 92.7 Å². The van der Waals surface area contributed by atoms with Crippen LogP contribution in [0.1, 0.15) is 23.3 Å². The topological polar surface area (TPSA) is 84.2 Å². The van der Waals surface area contributed by atoms with Gasteiger partial charge in [0.1, 0.15) is 11.5 Å². The fourth-order valence-electron chi connectivity index (χ4n) is 2.40. The number of aromatic amines is 1. The van der Waals surface area contributed by atoms with E-state index in [0.29, 0.717) is 24.6 Å². The standard InChI is InChI=1S/C10H14N4O2/c11-9-3-8(12-13-9)10(15)14-4-6-1-2-7(5-14)16-6/h3,6-7H,1-2,4-5H2,(H3,11,12,13). The zero-order valence-electron chi connectivity index (χ0n) is 8.85. The molecule has 2 aliphatic rings. The van der Waals surface area contributed by atoms with Crippen molar-refractivity contribution in [2.45, 2.75) is 25.0 Å². The van der Waals surface area contributed by atoms with E-state index in [1.54, 1.807) is 6.07 Å². The van der Waals surface area contributed by atoms with Gasteiger partial charge < -0.3 is 15.4 Å². The van der Waals surface area contributed by atoms with Crippen molar-refractivity contribution in [2.75, 3.05) is 18.8 Å². The molecule has 2 fully saturated rings. The van der Waals surface area contributed by atoms with Gasteiger partial charge in [-0.3, -0.25) is 9.89 Å². The fraction of sp³-hybridized carbons (Fsp3) is 0.600. The van der Waals surface area contributed by atoms with Crippen molar-refractivity contribution in [3.05, 3.63) is 11.8 Å². The van der Waals surface area contributed by atoms with Crippen LogP contribution in [0.15, 0.2) is 6.07 Å². The van der Waals surface area contributed by atoms with Gasteiger partial charge in [-0.25, -0.2) is 0 Å². The van der Waals surface area contributed by atoms with Gasteiger partial charge in [0.2, 0.25) is 0 Å². The molecule has 0 saturated carbocycles. The quantitative estimate of drug-likeness (QED) is 0.700. The van der Waals surface area contributed by atoms with Crippen molar-refractivity contribution in [3.63, 3.8) is 0 Å². The van der Waals surface area contributed by atoms with Gasteiger partial charge in [-0.05, 0) is 12.8 Å². The second-order valence-electron chi connectivity index (χ2n) is 4.37. The van der Waals surface area contributed by atoms with E-state index in [-0.39, 0.29) is 18.1 Å². The van der Waals surface area contributed by atoms with E-state index in [9.17, 15) is 4.79 Å². The number of nitrogens with zero attached hydrogens (tertiary/aromatic N) is 2. The number of rotatable bonds is 1. The maximum atomic E-state index is 12.1. The summed E-state index contributed by atoms with van der Waals surface area (Å²) in [7, 11) is 0. The van der Waals surface area contributed by atoms with E-state index in [1.807, 2.05) is 4.90 Å². The maximum Gasteiger partial charge on any atom is 0.272 e. The lowest BCUT2D eigenvalue weighted by Crippen LogP contribution is -2.45. The SMILES string of the molecule is Nc1cc(C(=O)N2CC3CCC(C2)O3)[nH]n1. The third-order valence-electron chi connectivity index (χ3n) is 3.16. The molecule has 0 aliphatic carbocycles. The van der Waals surface area contributed by atoms with Crippen LogP contribution in [0.2, 0.25) is 0 Å². The number of anilines is 1. The summed E-state index contributed by atoms with van der Waals surface area (Å²) in [5.74, 6) is 0.309. The lowest BCUT2D eigenvalue weighted by Gasteiger charge is -2.31. The molecule has 2 unspecified atom stereocenters. The molecule has 0 aromatic carbocycles. The van der Waals surface area contributed by atoms with E-state index in [0.717, 1.165) is 12.8 Å². The molecule has 1 aromatic heterocycles. The van der Waals surface area contributed by atoms with Crippen LogP contribution in [0.25, 0.3) is 0 Å². The molecule has 3 rings (SSSR count). The number of likely N-dealkylation sites (tertiary alicyclic amines) is 1. The molecular formula is C10H14N4O2. The van der Waals surface area contributed by atoms with Crippen LogP contribution in [-0.2, 0) is 4.74 Å². The highest BCUT2D eigenvalue weighted by molar-refractivity contribution is 5.93. The van der Waals surface area contributed by atoms with Gasteiger partial charge in [-0.1, -0.05) is 0 Å². The summed E-state index contributed by atoms with van der Waals surface area (Å²) < 4.78 is 5.67. The van der Waals surface area contributed by atoms with Crippen molar-refractivity contribution in [1.29, 1.82) is 0 Å². The number of nitrogen functional groups attached to an aromatic ring is 1. The number of hydrogen-bond donors (Lipinski definition) is 2. The minimum absolute atomic E-state index is 0.0376. The lowest BCUT2D eigenvalue weighted by molar-refractivity contribution is -0.0305. The van der Waals surface area contributed by atoms with Crippen LogP contribution < -0.4 is 5.73 Å². The molecule has 0 spiro atoms. The zero-order chi connectivity index (χ0) is 11.1. The average molecular weight is 222 g/mol. The molecule has 2 bridgehead atoms. The van der Waals surface area contributed by atoms with Gasteiger partial charge in [0.05, 0.1) is 12.2 Å². The number of H-pyrrole nitrogens is 1. The Kier molecular flexibility index (Phi) is 2.10. The van der Waals surface area contributed by atoms with Crippen LogP contribution in [0.5, 0.6) is 0 Å². The fourth-order valence-corrected chi connectivity index (χ4v) is 2.40. The molecule has 2 atom stereocenters. The number of hydrogen-bond acceptors (Lipinski definition) is 4. The van der Waals surface area contributed by atoms with Crippen LogP contribution in [0.4, 0.5) is 5.82 Å². The van der Waals surface area contributed by atoms with Gasteiger partial charge in [0.15, 0.2) is 0 Å². The summed E-state index contributed by atoms with van der Waals surface area (Å²) in [5, 5.41) is 6.41. The minimum Gasteiger partial charge on any atom is -0.382 e. The van der Waals surface area contributed by atoms with Crippen LogP contribution in [0, 0.1) is 0 Å². The first-order chi connectivity index (χ1) is 7.72. The predicted octanol–water partition coefficient (Wildman–Crippen LogP) is -0.00470. The number of carbonyl (C=O) groups is 1. The Hall–Kier alpha value is -1.56. The number of nitrogens with one attached hydrogen (secondary N) is 1. The molecule has 16 heavy (non-hydrogen) atoms. The predicted molar refractivity (Wildman–Crippen MR) is 56.8 cm³/mol. The average Bonchev–Trinajstić information content (AvgIpc) is 2.84. The molecule has 0 radical (unpaired) electrons. The largest absolute Gasteiger partial charge is 0.382 e. The van der Waals surface area contributed by atoms with Gasteiger partial charge in [-0.15, -0.1) is 0 Å². The summed E-state index contributed by atoms with van der Waals surface area (Å²) in [4.78, 5) is 13.9. The second-order valence-corrected chi connectivity index (χ2v) is 4.37. The second kappa shape index (κ2) is 3.48. The third-order valence-corrected chi connectivity index (χ3v) is 3.16. The Morgan fingerprint density at radius 1 is 1.50 bits per heavy atom. The molecular weight excluding hydrogens is 208 g/mol. The number of carbonyl (C=O) groups excluding carboxylic acids is 1. The molecule has 3 heterocycles. The first-order valence-electron chi connectivity index (χ1n) is 5.48. The van der Waals surface area contributed by atoms with Crippen molar-refractivity contribution in [3.8, 4) is 0 Å². The Morgan fingerprint density at radius 2 is 2.19 bits per heavy atom. The Balaban J connectivity index is 1.76. The number of aromatic nitrogens is 2. The third kappa shape index (κ3) is 1.55. The lowest BCUT2D eigenvalue weighted by atomic mass is 10.2. The molecule has 6 nitrogen and oxygen atoms in total. The molecule has 1 aromatic rings. The highest BCUT2D eigenvalue weighted by Crippen LogP contribution is 2.26. The van der Waals surface area contributed by atoms with Gasteiger partial charge in [0, 0.05) is 19.2 Å². The van der Waals surface area contributed by atoms with Crippen molar-refractivity contribution >= 4 is 11.7 Å². The van der Waals surface area contributed by atoms with E-state index < -0.39 is 0 Å². The van der Waals surface area contributed by atoms with Crippen molar-refractivity contribution in [2.24, 2.45) is 0 Å². The molecule has 1 amide bonds. The Morgan fingerprint density at radius 3 is 2.75 bits per heavy atom. The van der Waals surface area contributed by atoms with Gasteiger partial charge >= 0.3 is 0 Å². The molecule has 6 heteroatoms. The first kappa shape index (κ1) is 9.65. The summed E-state index contributed by atoms with van der Waals surface area (Å²) in [5.41, 5.74) is 5.93. The number of nitrogens with two attached hydrogens (primary N) is 1. The monoisotopic (exact) mass is 222 g/mol. The highest BCUT2D eigenvalue weighted by atomic mass is 16.5. The Bertz CT molecular complexity index is 405. The van der Waals surface area contributed by atoms with Crippen molar-refractivity contribution < 1.29 is 9.53 Å². The van der Waals surface area contributed by atoms with E-state index in [4.69, 9.17) is 10.5 Å². The normalized spacial score (nSPS) is 28.4. The molecule has 86 valence electrons. The van der Waals surface area contributed by atoms with E-state index in [1.165, 1.54) is 0 Å².